The van der Waals surface area contributed by atoms with Gasteiger partial charge in [-0.15, -0.1) is 5.10 Å². The number of nitrogens with zero attached hydrogens (tertiary/aromatic N) is 3. The van der Waals surface area contributed by atoms with Gasteiger partial charge >= 0.3 is 0 Å². The Kier molecular flexibility index (Phi) is 4.41. The number of rotatable bonds is 4. The van der Waals surface area contributed by atoms with E-state index < -0.39 is 0 Å². The van der Waals surface area contributed by atoms with Gasteiger partial charge in [0.25, 0.3) is 0 Å². The fourth-order valence-electron chi connectivity index (χ4n) is 4.07. The fourth-order valence-corrected chi connectivity index (χ4v) is 5.22. The normalized spacial score (nSPS) is 16.6. The number of thiazole rings is 1. The Morgan fingerprint density at radius 2 is 1.93 bits per heavy atom. The van der Waals surface area contributed by atoms with Crippen molar-refractivity contribution < 1.29 is 14.4 Å². The summed E-state index contributed by atoms with van der Waals surface area (Å²) in [5.74, 6) is 1.29. The lowest BCUT2D eigenvalue weighted by molar-refractivity contribution is -0.929. The highest BCUT2D eigenvalue weighted by molar-refractivity contribution is 7.17. The van der Waals surface area contributed by atoms with Crippen LogP contribution in [0.15, 0.2) is 47.1 Å². The number of hydrogen-bond acceptors (Lipinski definition) is 5. The molecule has 5 rings (SSSR count). The molecule has 1 aliphatic rings. The van der Waals surface area contributed by atoms with Crippen LogP contribution in [0.4, 0.5) is 0 Å². The summed E-state index contributed by atoms with van der Waals surface area (Å²) < 4.78 is 6.94. The molecule has 0 bridgehead atoms. The SMILES string of the molecule is Cc1ccc([C@H](c2sc3nc(-c4ccco4)nn3c2O)[NH+]2CCCCC2)cc1. The maximum absolute atomic E-state index is 11.0. The van der Waals surface area contributed by atoms with Crippen LogP contribution in [0.2, 0.25) is 0 Å². The number of likely N-dealkylation sites (tertiary alicyclic amines) is 1. The van der Waals surface area contributed by atoms with E-state index in [1.165, 1.54) is 46.6 Å². The third-order valence-electron chi connectivity index (χ3n) is 5.52. The Labute approximate surface area is 167 Å². The van der Waals surface area contributed by atoms with Gasteiger partial charge in [0.05, 0.1) is 19.4 Å². The molecule has 28 heavy (non-hydrogen) atoms. The zero-order valence-corrected chi connectivity index (χ0v) is 16.6. The number of aromatic hydroxyl groups is 1. The molecule has 4 heterocycles. The van der Waals surface area contributed by atoms with E-state index in [1.54, 1.807) is 10.8 Å². The molecule has 0 amide bonds. The van der Waals surface area contributed by atoms with E-state index in [0.717, 1.165) is 18.0 Å². The number of hydrogen-bond donors (Lipinski definition) is 2. The molecular weight excluding hydrogens is 372 g/mol. The summed E-state index contributed by atoms with van der Waals surface area (Å²) in [6.07, 6.45) is 5.34. The Hall–Kier alpha value is -2.64. The largest absolute Gasteiger partial charge is 0.492 e. The zero-order valence-electron chi connectivity index (χ0n) is 15.8. The van der Waals surface area contributed by atoms with Gasteiger partial charge in [-0.3, -0.25) is 0 Å². The first-order valence-corrected chi connectivity index (χ1v) is 10.6. The zero-order chi connectivity index (χ0) is 19.1. The molecule has 1 aliphatic heterocycles. The number of aryl methyl sites for hydroxylation is 1. The fraction of sp³-hybridized carbons (Fsp3) is 0.333. The van der Waals surface area contributed by atoms with Crippen LogP contribution < -0.4 is 4.90 Å². The second kappa shape index (κ2) is 7.07. The topological polar surface area (TPSA) is 68.0 Å². The minimum absolute atomic E-state index is 0.0986. The molecule has 4 aromatic rings. The average molecular weight is 396 g/mol. The highest BCUT2D eigenvalue weighted by Gasteiger charge is 2.33. The molecule has 1 fully saturated rings. The smallest absolute Gasteiger partial charge is 0.235 e. The first kappa shape index (κ1) is 17.5. The van der Waals surface area contributed by atoms with Gasteiger partial charge in [-0.2, -0.15) is 9.50 Å². The van der Waals surface area contributed by atoms with Crippen LogP contribution in [0.1, 0.15) is 41.3 Å². The first-order valence-electron chi connectivity index (χ1n) is 9.74. The van der Waals surface area contributed by atoms with Crippen molar-refractivity contribution in [3.05, 3.63) is 58.7 Å². The average Bonchev–Trinajstić information content (AvgIpc) is 3.43. The van der Waals surface area contributed by atoms with Crippen molar-refractivity contribution >= 4 is 16.3 Å². The lowest BCUT2D eigenvalue weighted by Gasteiger charge is -2.31. The van der Waals surface area contributed by atoms with Crippen LogP contribution >= 0.6 is 11.3 Å². The maximum atomic E-state index is 11.0. The molecule has 0 unspecified atom stereocenters. The first-order chi connectivity index (χ1) is 13.7. The van der Waals surface area contributed by atoms with Crippen molar-refractivity contribution in [2.45, 2.75) is 32.2 Å². The van der Waals surface area contributed by atoms with Gasteiger partial charge in [-0.25, -0.2) is 0 Å². The lowest BCUT2D eigenvalue weighted by atomic mass is 9.99. The summed E-state index contributed by atoms with van der Waals surface area (Å²) >= 11 is 1.52. The van der Waals surface area contributed by atoms with E-state index in [1.807, 2.05) is 12.1 Å². The van der Waals surface area contributed by atoms with Gasteiger partial charge in [0, 0.05) is 5.56 Å². The van der Waals surface area contributed by atoms with Crippen molar-refractivity contribution in [1.82, 2.24) is 14.6 Å². The van der Waals surface area contributed by atoms with Crippen LogP contribution in [-0.2, 0) is 0 Å². The Morgan fingerprint density at radius 1 is 1.14 bits per heavy atom. The summed E-state index contributed by atoms with van der Waals surface area (Å²) in [6.45, 7) is 4.33. The predicted octanol–water partition coefficient (Wildman–Crippen LogP) is 3.22. The lowest BCUT2D eigenvalue weighted by Crippen LogP contribution is -3.13. The highest BCUT2D eigenvalue weighted by Crippen LogP contribution is 2.36. The molecule has 6 nitrogen and oxygen atoms in total. The van der Waals surface area contributed by atoms with E-state index in [4.69, 9.17) is 4.42 Å². The number of piperidine rings is 1. The van der Waals surface area contributed by atoms with Gasteiger partial charge in [-0.05, 0) is 38.3 Å². The molecule has 3 aromatic heterocycles. The van der Waals surface area contributed by atoms with Crippen LogP contribution in [-0.4, -0.2) is 32.8 Å². The Balaban J connectivity index is 1.59. The van der Waals surface area contributed by atoms with Crippen molar-refractivity contribution in [2.24, 2.45) is 0 Å². The second-order valence-electron chi connectivity index (χ2n) is 7.46. The predicted molar refractivity (Wildman–Crippen MR) is 108 cm³/mol. The quantitative estimate of drug-likeness (QED) is 0.557. The van der Waals surface area contributed by atoms with E-state index in [2.05, 4.69) is 41.3 Å². The van der Waals surface area contributed by atoms with Gasteiger partial charge < -0.3 is 14.4 Å². The van der Waals surface area contributed by atoms with Gasteiger partial charge in [0.1, 0.15) is 4.88 Å². The minimum Gasteiger partial charge on any atom is -0.492 e. The standard InChI is InChI=1S/C21H22N4O2S/c1-14-7-9-15(10-8-14)17(24-11-3-2-4-12-24)18-20(26)25-21(28-18)22-19(23-25)16-6-5-13-27-16/h5-10,13,17,26H,2-4,11-12H2,1H3/p+1/t17-/m1/s1. The minimum atomic E-state index is 0.0986. The molecule has 0 saturated carbocycles. The summed E-state index contributed by atoms with van der Waals surface area (Å²) in [5, 5.41) is 15.5. The molecular formula is C21H23N4O2S+. The molecule has 1 aromatic carbocycles. The molecule has 2 N–H and O–H groups in total. The third kappa shape index (κ3) is 3.00. The number of furan rings is 1. The summed E-state index contributed by atoms with van der Waals surface area (Å²) in [7, 11) is 0. The summed E-state index contributed by atoms with van der Waals surface area (Å²) in [4.78, 5) is 7.70. The molecule has 7 heteroatoms. The van der Waals surface area contributed by atoms with Crippen LogP contribution in [0.3, 0.4) is 0 Å². The Morgan fingerprint density at radius 3 is 2.61 bits per heavy atom. The number of aromatic nitrogens is 3. The van der Waals surface area contributed by atoms with E-state index in [-0.39, 0.29) is 11.9 Å². The number of quaternary nitrogens is 1. The monoisotopic (exact) mass is 395 g/mol. The van der Waals surface area contributed by atoms with E-state index >= 15 is 0 Å². The molecule has 0 spiro atoms. The van der Waals surface area contributed by atoms with Crippen molar-refractivity contribution in [3.8, 4) is 17.5 Å². The highest BCUT2D eigenvalue weighted by atomic mass is 32.1. The summed E-state index contributed by atoms with van der Waals surface area (Å²) in [6, 6.07) is 12.4. The van der Waals surface area contributed by atoms with E-state index in [9.17, 15) is 5.11 Å². The van der Waals surface area contributed by atoms with Crippen molar-refractivity contribution in [2.75, 3.05) is 13.1 Å². The Bertz CT molecular complexity index is 1080. The second-order valence-corrected chi connectivity index (χ2v) is 8.47. The number of benzene rings is 1. The maximum Gasteiger partial charge on any atom is 0.235 e. The number of nitrogens with one attached hydrogen (secondary N) is 1. The van der Waals surface area contributed by atoms with Gasteiger partial charge in [0.15, 0.2) is 11.8 Å². The van der Waals surface area contributed by atoms with Crippen molar-refractivity contribution in [1.29, 1.82) is 0 Å². The van der Waals surface area contributed by atoms with E-state index in [0.29, 0.717) is 16.5 Å². The van der Waals surface area contributed by atoms with Crippen molar-refractivity contribution in [3.63, 3.8) is 0 Å². The third-order valence-corrected chi connectivity index (χ3v) is 6.60. The molecule has 0 aliphatic carbocycles. The van der Waals surface area contributed by atoms with Crippen LogP contribution in [0.5, 0.6) is 5.88 Å². The molecule has 1 saturated heterocycles. The molecule has 0 radical (unpaired) electrons. The number of fused-ring (bicyclic) bond motifs is 1. The van der Waals surface area contributed by atoms with Crippen LogP contribution in [0, 0.1) is 6.92 Å². The van der Waals surface area contributed by atoms with Crippen LogP contribution in [0.25, 0.3) is 16.5 Å². The van der Waals surface area contributed by atoms with Gasteiger partial charge in [-0.1, -0.05) is 41.2 Å². The summed E-state index contributed by atoms with van der Waals surface area (Å²) in [5.41, 5.74) is 2.47. The molecule has 1 atom stereocenters. The molecule has 144 valence electrons. The van der Waals surface area contributed by atoms with Gasteiger partial charge in [0.2, 0.25) is 16.7 Å².